The minimum absolute atomic E-state index is 0.0925. The SMILES string of the molecule is CCOc1cc(NC(C)c2cccc(-n3cccn3)c2)ncn1. The van der Waals surface area contributed by atoms with Gasteiger partial charge in [0.2, 0.25) is 5.88 Å². The predicted octanol–water partition coefficient (Wildman–Crippen LogP) is 3.23. The van der Waals surface area contributed by atoms with Crippen molar-refractivity contribution in [2.24, 2.45) is 0 Å². The molecule has 1 atom stereocenters. The molecule has 0 saturated carbocycles. The number of hydrogen-bond acceptors (Lipinski definition) is 5. The third kappa shape index (κ3) is 3.66. The Balaban J connectivity index is 1.77. The molecule has 0 amide bonds. The molecule has 0 aliphatic rings. The Hall–Kier alpha value is -2.89. The first-order valence-corrected chi connectivity index (χ1v) is 7.57. The molecular weight excluding hydrogens is 290 g/mol. The van der Waals surface area contributed by atoms with Crippen LogP contribution in [0.15, 0.2) is 55.1 Å². The summed E-state index contributed by atoms with van der Waals surface area (Å²) in [5.41, 5.74) is 2.17. The Bertz CT molecular complexity index is 757. The molecular formula is C17H19N5O. The van der Waals surface area contributed by atoms with Crippen molar-refractivity contribution in [2.75, 3.05) is 11.9 Å². The van der Waals surface area contributed by atoms with E-state index < -0.39 is 0 Å². The monoisotopic (exact) mass is 309 g/mol. The Morgan fingerprint density at radius 2 is 2.13 bits per heavy atom. The highest BCUT2D eigenvalue weighted by atomic mass is 16.5. The summed E-state index contributed by atoms with van der Waals surface area (Å²) in [5.74, 6) is 1.31. The smallest absolute Gasteiger partial charge is 0.218 e. The minimum Gasteiger partial charge on any atom is -0.478 e. The summed E-state index contributed by atoms with van der Waals surface area (Å²) < 4.78 is 7.24. The highest BCUT2D eigenvalue weighted by molar-refractivity contribution is 5.43. The topological polar surface area (TPSA) is 64.9 Å². The van der Waals surface area contributed by atoms with Crippen LogP contribution in [-0.2, 0) is 0 Å². The third-order valence-electron chi connectivity index (χ3n) is 3.44. The fourth-order valence-corrected chi connectivity index (χ4v) is 2.31. The molecule has 0 aliphatic carbocycles. The van der Waals surface area contributed by atoms with Gasteiger partial charge in [-0.1, -0.05) is 12.1 Å². The number of hydrogen-bond donors (Lipinski definition) is 1. The summed E-state index contributed by atoms with van der Waals surface area (Å²) >= 11 is 0. The first-order chi connectivity index (χ1) is 11.3. The van der Waals surface area contributed by atoms with Crippen LogP contribution >= 0.6 is 0 Å². The molecule has 0 saturated heterocycles. The minimum atomic E-state index is 0.0925. The number of ether oxygens (including phenoxy) is 1. The Morgan fingerprint density at radius 1 is 1.22 bits per heavy atom. The van der Waals surface area contributed by atoms with Crippen LogP contribution in [0.5, 0.6) is 5.88 Å². The first kappa shape index (κ1) is 15.0. The zero-order valence-electron chi connectivity index (χ0n) is 13.2. The summed E-state index contributed by atoms with van der Waals surface area (Å²) in [6.45, 7) is 4.60. The van der Waals surface area contributed by atoms with Crippen LogP contribution in [0, 0.1) is 0 Å². The molecule has 23 heavy (non-hydrogen) atoms. The van der Waals surface area contributed by atoms with Gasteiger partial charge in [-0.05, 0) is 37.6 Å². The molecule has 6 heteroatoms. The quantitative estimate of drug-likeness (QED) is 0.757. The van der Waals surface area contributed by atoms with Gasteiger partial charge >= 0.3 is 0 Å². The molecule has 0 aliphatic heterocycles. The number of aromatic nitrogens is 4. The van der Waals surface area contributed by atoms with Crippen LogP contribution in [0.1, 0.15) is 25.5 Å². The van der Waals surface area contributed by atoms with Crippen LogP contribution < -0.4 is 10.1 Å². The number of anilines is 1. The maximum absolute atomic E-state index is 5.40. The van der Waals surface area contributed by atoms with E-state index in [0.717, 1.165) is 17.1 Å². The number of rotatable bonds is 6. The average Bonchev–Trinajstić information content (AvgIpc) is 3.10. The Morgan fingerprint density at radius 3 is 2.91 bits per heavy atom. The van der Waals surface area contributed by atoms with Gasteiger partial charge in [0.25, 0.3) is 0 Å². The van der Waals surface area contributed by atoms with Gasteiger partial charge in [-0.2, -0.15) is 5.10 Å². The molecule has 1 N–H and O–H groups in total. The molecule has 2 heterocycles. The highest BCUT2D eigenvalue weighted by Gasteiger charge is 2.08. The largest absolute Gasteiger partial charge is 0.478 e. The van der Waals surface area contributed by atoms with Gasteiger partial charge in [-0.3, -0.25) is 0 Å². The number of benzene rings is 1. The van der Waals surface area contributed by atoms with E-state index in [-0.39, 0.29) is 6.04 Å². The second kappa shape index (κ2) is 6.91. The van der Waals surface area contributed by atoms with Crippen LogP contribution in [0.4, 0.5) is 5.82 Å². The molecule has 3 rings (SSSR count). The Labute approximate surface area is 135 Å². The van der Waals surface area contributed by atoms with Crippen molar-refractivity contribution < 1.29 is 4.74 Å². The fraction of sp³-hybridized carbons (Fsp3) is 0.235. The van der Waals surface area contributed by atoms with E-state index in [0.29, 0.717) is 12.5 Å². The first-order valence-electron chi connectivity index (χ1n) is 7.57. The third-order valence-corrected chi connectivity index (χ3v) is 3.44. The Kier molecular flexibility index (Phi) is 4.52. The molecule has 2 aromatic heterocycles. The van der Waals surface area contributed by atoms with Crippen molar-refractivity contribution in [3.63, 3.8) is 0 Å². The van der Waals surface area contributed by atoms with E-state index in [1.165, 1.54) is 6.33 Å². The molecule has 1 unspecified atom stereocenters. The maximum atomic E-state index is 5.40. The maximum Gasteiger partial charge on any atom is 0.218 e. The van der Waals surface area contributed by atoms with Gasteiger partial charge in [0.1, 0.15) is 12.1 Å². The van der Waals surface area contributed by atoms with Crippen LogP contribution in [0.25, 0.3) is 5.69 Å². The number of nitrogens with one attached hydrogen (secondary N) is 1. The van der Waals surface area contributed by atoms with E-state index in [1.807, 2.05) is 36.0 Å². The van der Waals surface area contributed by atoms with Crippen molar-refractivity contribution in [2.45, 2.75) is 19.9 Å². The van der Waals surface area contributed by atoms with Crippen molar-refractivity contribution in [1.29, 1.82) is 0 Å². The lowest BCUT2D eigenvalue weighted by Gasteiger charge is -2.16. The second-order valence-electron chi connectivity index (χ2n) is 5.09. The zero-order chi connectivity index (χ0) is 16.1. The summed E-state index contributed by atoms with van der Waals surface area (Å²) in [7, 11) is 0. The molecule has 0 radical (unpaired) electrons. The van der Waals surface area contributed by atoms with Crippen molar-refractivity contribution in [3.05, 3.63) is 60.7 Å². The van der Waals surface area contributed by atoms with E-state index in [9.17, 15) is 0 Å². The highest BCUT2D eigenvalue weighted by Crippen LogP contribution is 2.21. The standard InChI is InChI=1S/C17H19N5O/c1-3-23-17-11-16(18-12-19-17)21-13(2)14-6-4-7-15(10-14)22-9-5-8-20-22/h4-13H,3H2,1-2H3,(H,18,19,21). The van der Waals surface area contributed by atoms with Gasteiger partial charge in [0.05, 0.1) is 18.3 Å². The molecule has 118 valence electrons. The lowest BCUT2D eigenvalue weighted by Crippen LogP contribution is -2.09. The van der Waals surface area contributed by atoms with Crippen LogP contribution in [-0.4, -0.2) is 26.4 Å². The van der Waals surface area contributed by atoms with Crippen LogP contribution in [0.2, 0.25) is 0 Å². The van der Waals surface area contributed by atoms with Gasteiger partial charge in [0, 0.05) is 18.5 Å². The molecule has 3 aromatic rings. The van der Waals surface area contributed by atoms with Gasteiger partial charge < -0.3 is 10.1 Å². The summed E-state index contributed by atoms with van der Waals surface area (Å²) in [6, 6.07) is 12.0. The van der Waals surface area contributed by atoms with E-state index in [1.54, 1.807) is 12.3 Å². The summed E-state index contributed by atoms with van der Waals surface area (Å²) in [6.07, 6.45) is 5.20. The lowest BCUT2D eigenvalue weighted by molar-refractivity contribution is 0.326. The lowest BCUT2D eigenvalue weighted by atomic mass is 10.1. The van der Waals surface area contributed by atoms with Crippen molar-refractivity contribution >= 4 is 5.82 Å². The molecule has 0 spiro atoms. The summed E-state index contributed by atoms with van der Waals surface area (Å²) in [5, 5.41) is 7.63. The van der Waals surface area contributed by atoms with E-state index in [4.69, 9.17) is 4.74 Å². The van der Waals surface area contributed by atoms with Crippen LogP contribution in [0.3, 0.4) is 0 Å². The van der Waals surface area contributed by atoms with Crippen molar-refractivity contribution in [1.82, 2.24) is 19.7 Å². The van der Waals surface area contributed by atoms with Gasteiger partial charge in [0.15, 0.2) is 0 Å². The average molecular weight is 309 g/mol. The van der Waals surface area contributed by atoms with Crippen molar-refractivity contribution in [3.8, 4) is 11.6 Å². The molecule has 0 fully saturated rings. The van der Waals surface area contributed by atoms with E-state index in [2.05, 4.69) is 39.4 Å². The predicted molar refractivity (Wildman–Crippen MR) is 88.8 cm³/mol. The number of nitrogens with zero attached hydrogens (tertiary/aromatic N) is 4. The second-order valence-corrected chi connectivity index (χ2v) is 5.09. The zero-order valence-corrected chi connectivity index (χ0v) is 13.2. The normalized spacial score (nSPS) is 11.9. The van der Waals surface area contributed by atoms with E-state index >= 15 is 0 Å². The molecule has 0 bridgehead atoms. The van der Waals surface area contributed by atoms with Gasteiger partial charge in [-0.15, -0.1) is 0 Å². The summed E-state index contributed by atoms with van der Waals surface area (Å²) in [4.78, 5) is 8.31. The molecule has 6 nitrogen and oxygen atoms in total. The van der Waals surface area contributed by atoms with Gasteiger partial charge in [-0.25, -0.2) is 14.6 Å². The fourth-order valence-electron chi connectivity index (χ4n) is 2.31. The molecule has 1 aromatic carbocycles.